The number of hydrogen-bond donors (Lipinski definition) is 1. The Kier molecular flexibility index (Phi) is 4.88. The number of hydrogen-bond acceptors (Lipinski definition) is 2. The summed E-state index contributed by atoms with van der Waals surface area (Å²) in [4.78, 5) is 0. The molecule has 2 rings (SSSR count). The first kappa shape index (κ1) is 14.8. The van der Waals surface area contributed by atoms with Crippen molar-refractivity contribution < 1.29 is 4.74 Å². The van der Waals surface area contributed by atoms with Crippen LogP contribution in [0.5, 0.6) is 0 Å². The second-order valence-corrected chi connectivity index (χ2v) is 6.02. The minimum Gasteiger partial charge on any atom is -0.381 e. The van der Waals surface area contributed by atoms with Crippen LogP contribution in [0.4, 0.5) is 0 Å². The summed E-state index contributed by atoms with van der Waals surface area (Å²) in [5.41, 5.74) is 5.51. The van der Waals surface area contributed by atoms with Gasteiger partial charge in [0.05, 0.1) is 0 Å². The molecule has 0 spiro atoms. The van der Waals surface area contributed by atoms with Gasteiger partial charge in [-0.3, -0.25) is 0 Å². The van der Waals surface area contributed by atoms with Crippen molar-refractivity contribution in [2.24, 2.45) is 0 Å². The summed E-state index contributed by atoms with van der Waals surface area (Å²) in [6, 6.07) is 4.50. The maximum atomic E-state index is 6.19. The molecule has 1 aromatic carbocycles. The Morgan fingerprint density at radius 3 is 2.26 bits per heavy atom. The van der Waals surface area contributed by atoms with Crippen LogP contribution in [0.1, 0.15) is 35.1 Å². The number of ether oxygens (including phenoxy) is 1. The molecular formula is C16H24ClNO. The van der Waals surface area contributed by atoms with Crippen LogP contribution >= 0.6 is 11.6 Å². The molecule has 0 bridgehead atoms. The number of aryl methyl sites for hydroxylation is 3. The van der Waals surface area contributed by atoms with E-state index in [1.54, 1.807) is 0 Å². The molecule has 0 aromatic heterocycles. The zero-order chi connectivity index (χ0) is 13.9. The molecule has 0 unspecified atom stereocenters. The Labute approximate surface area is 121 Å². The maximum absolute atomic E-state index is 6.19. The lowest BCUT2D eigenvalue weighted by atomic mass is 9.91. The van der Waals surface area contributed by atoms with E-state index in [0.29, 0.717) is 5.88 Å². The van der Waals surface area contributed by atoms with E-state index in [2.05, 4.69) is 38.2 Å². The Bertz CT molecular complexity index is 415. The molecule has 0 radical (unpaired) electrons. The van der Waals surface area contributed by atoms with Gasteiger partial charge < -0.3 is 10.1 Å². The molecule has 1 aromatic rings. The van der Waals surface area contributed by atoms with Crippen LogP contribution < -0.4 is 5.32 Å². The van der Waals surface area contributed by atoms with Gasteiger partial charge in [0.2, 0.25) is 0 Å². The third-order valence-electron chi connectivity index (χ3n) is 4.19. The van der Waals surface area contributed by atoms with E-state index in [9.17, 15) is 0 Å². The first-order valence-corrected chi connectivity index (χ1v) is 7.55. The lowest BCUT2D eigenvalue weighted by Crippen LogP contribution is -2.50. The average Bonchev–Trinajstić information content (AvgIpc) is 2.38. The van der Waals surface area contributed by atoms with Gasteiger partial charge in [0.1, 0.15) is 0 Å². The van der Waals surface area contributed by atoms with Crippen LogP contribution in [0.2, 0.25) is 0 Å². The number of halogens is 1. The predicted octanol–water partition coefficient (Wildman–Crippen LogP) is 3.49. The Hall–Kier alpha value is -0.570. The molecule has 19 heavy (non-hydrogen) atoms. The van der Waals surface area contributed by atoms with Crippen molar-refractivity contribution in [3.63, 3.8) is 0 Å². The largest absolute Gasteiger partial charge is 0.381 e. The number of benzene rings is 1. The summed E-state index contributed by atoms with van der Waals surface area (Å²) >= 11 is 6.19. The van der Waals surface area contributed by atoms with E-state index >= 15 is 0 Å². The van der Waals surface area contributed by atoms with E-state index in [-0.39, 0.29) is 5.54 Å². The molecule has 1 saturated heterocycles. The second-order valence-electron chi connectivity index (χ2n) is 5.76. The Morgan fingerprint density at radius 2 is 1.74 bits per heavy atom. The first-order valence-electron chi connectivity index (χ1n) is 7.02. The van der Waals surface area contributed by atoms with Gasteiger partial charge in [-0.25, -0.2) is 0 Å². The van der Waals surface area contributed by atoms with Crippen molar-refractivity contribution >= 4 is 11.6 Å². The monoisotopic (exact) mass is 281 g/mol. The minimum absolute atomic E-state index is 0.0452. The molecule has 3 heteroatoms. The van der Waals surface area contributed by atoms with Gasteiger partial charge in [0, 0.05) is 31.2 Å². The fourth-order valence-electron chi connectivity index (χ4n) is 2.88. The predicted molar refractivity (Wildman–Crippen MR) is 81.0 cm³/mol. The van der Waals surface area contributed by atoms with Crippen molar-refractivity contribution in [2.75, 3.05) is 19.1 Å². The molecule has 0 saturated carbocycles. The van der Waals surface area contributed by atoms with Gasteiger partial charge in [-0.1, -0.05) is 17.7 Å². The molecule has 1 fully saturated rings. The van der Waals surface area contributed by atoms with E-state index in [1.807, 2.05) is 0 Å². The van der Waals surface area contributed by atoms with Crippen molar-refractivity contribution in [3.05, 3.63) is 34.4 Å². The van der Waals surface area contributed by atoms with Crippen molar-refractivity contribution in [3.8, 4) is 0 Å². The third kappa shape index (κ3) is 3.50. The number of rotatable bonds is 4. The van der Waals surface area contributed by atoms with Gasteiger partial charge in [0.15, 0.2) is 0 Å². The highest BCUT2D eigenvalue weighted by atomic mass is 35.5. The standard InChI is InChI=1S/C16H24ClNO/c1-12-8-13(2)15(14(3)9-12)10-18-16(11-17)4-6-19-7-5-16/h8-9,18H,4-7,10-11H2,1-3H3. The summed E-state index contributed by atoms with van der Waals surface area (Å²) in [5.74, 6) is 0.653. The first-order chi connectivity index (χ1) is 9.06. The number of nitrogens with one attached hydrogen (secondary N) is 1. The fraction of sp³-hybridized carbons (Fsp3) is 0.625. The Morgan fingerprint density at radius 1 is 1.16 bits per heavy atom. The van der Waals surface area contributed by atoms with Crippen molar-refractivity contribution in [2.45, 2.75) is 45.7 Å². The van der Waals surface area contributed by atoms with Gasteiger partial charge in [-0.15, -0.1) is 11.6 Å². The topological polar surface area (TPSA) is 21.3 Å². The molecule has 0 aliphatic carbocycles. The van der Waals surface area contributed by atoms with Gasteiger partial charge in [-0.2, -0.15) is 0 Å². The molecule has 1 heterocycles. The highest BCUT2D eigenvalue weighted by molar-refractivity contribution is 6.18. The smallest absolute Gasteiger partial charge is 0.0484 e. The molecule has 106 valence electrons. The second kappa shape index (κ2) is 6.25. The van der Waals surface area contributed by atoms with Crippen LogP contribution in [0.3, 0.4) is 0 Å². The maximum Gasteiger partial charge on any atom is 0.0484 e. The molecule has 0 atom stereocenters. The van der Waals surface area contributed by atoms with E-state index in [4.69, 9.17) is 16.3 Å². The molecule has 1 aliphatic rings. The lowest BCUT2D eigenvalue weighted by Gasteiger charge is -2.37. The van der Waals surface area contributed by atoms with Crippen LogP contribution in [0, 0.1) is 20.8 Å². The van der Waals surface area contributed by atoms with E-state index in [0.717, 1.165) is 32.6 Å². The zero-order valence-corrected chi connectivity index (χ0v) is 12.9. The molecule has 1 N–H and O–H groups in total. The quantitative estimate of drug-likeness (QED) is 0.853. The molecular weight excluding hydrogens is 258 g/mol. The SMILES string of the molecule is Cc1cc(C)c(CNC2(CCl)CCOCC2)c(C)c1. The summed E-state index contributed by atoms with van der Waals surface area (Å²) in [7, 11) is 0. The normalized spacial score (nSPS) is 18.5. The summed E-state index contributed by atoms with van der Waals surface area (Å²) in [5, 5.41) is 3.69. The van der Waals surface area contributed by atoms with Gasteiger partial charge in [-0.05, 0) is 50.3 Å². The van der Waals surface area contributed by atoms with Gasteiger partial charge >= 0.3 is 0 Å². The van der Waals surface area contributed by atoms with Crippen LogP contribution in [0.15, 0.2) is 12.1 Å². The fourth-order valence-corrected chi connectivity index (χ4v) is 3.25. The van der Waals surface area contributed by atoms with Crippen molar-refractivity contribution in [1.82, 2.24) is 5.32 Å². The van der Waals surface area contributed by atoms with E-state index < -0.39 is 0 Å². The van der Waals surface area contributed by atoms with Crippen LogP contribution in [-0.4, -0.2) is 24.6 Å². The Balaban J connectivity index is 2.09. The van der Waals surface area contributed by atoms with Crippen LogP contribution in [0.25, 0.3) is 0 Å². The zero-order valence-electron chi connectivity index (χ0n) is 12.2. The summed E-state index contributed by atoms with van der Waals surface area (Å²) in [6.07, 6.45) is 2.00. The van der Waals surface area contributed by atoms with Gasteiger partial charge in [0.25, 0.3) is 0 Å². The third-order valence-corrected chi connectivity index (χ3v) is 4.70. The highest BCUT2D eigenvalue weighted by Crippen LogP contribution is 2.24. The average molecular weight is 282 g/mol. The van der Waals surface area contributed by atoms with E-state index in [1.165, 1.54) is 22.3 Å². The molecule has 1 aliphatic heterocycles. The molecule has 2 nitrogen and oxygen atoms in total. The van der Waals surface area contributed by atoms with Crippen molar-refractivity contribution in [1.29, 1.82) is 0 Å². The summed E-state index contributed by atoms with van der Waals surface area (Å²) in [6.45, 7) is 9.04. The van der Waals surface area contributed by atoms with Crippen LogP contribution in [-0.2, 0) is 11.3 Å². The highest BCUT2D eigenvalue weighted by Gasteiger charge is 2.31. The number of alkyl halides is 1. The lowest BCUT2D eigenvalue weighted by molar-refractivity contribution is 0.0459. The minimum atomic E-state index is 0.0452. The molecule has 0 amide bonds. The summed E-state index contributed by atoms with van der Waals surface area (Å²) < 4.78 is 5.44.